The summed E-state index contributed by atoms with van der Waals surface area (Å²) in [5.41, 5.74) is 0.259. The van der Waals surface area contributed by atoms with Gasteiger partial charge in [-0.05, 0) is 24.3 Å². The van der Waals surface area contributed by atoms with Crippen LogP contribution in [0.15, 0.2) is 45.6 Å². The summed E-state index contributed by atoms with van der Waals surface area (Å²) in [4.78, 5) is 12.4. The third kappa shape index (κ3) is 2.62. The molecule has 124 valence electrons. The average molecular weight is 328 g/mol. The van der Waals surface area contributed by atoms with Crippen molar-refractivity contribution in [1.29, 1.82) is 0 Å². The molecule has 24 heavy (non-hydrogen) atoms. The smallest absolute Gasteiger partial charge is 0.235 e. The maximum atomic E-state index is 12.4. The quantitative estimate of drug-likeness (QED) is 0.792. The minimum absolute atomic E-state index is 0.0398. The van der Waals surface area contributed by atoms with Gasteiger partial charge in [0, 0.05) is 17.7 Å². The van der Waals surface area contributed by atoms with Crippen LogP contribution >= 0.6 is 0 Å². The van der Waals surface area contributed by atoms with Crippen molar-refractivity contribution in [2.45, 2.75) is 0 Å². The summed E-state index contributed by atoms with van der Waals surface area (Å²) in [6.07, 6.45) is 0. The summed E-state index contributed by atoms with van der Waals surface area (Å²) < 4.78 is 21.3. The van der Waals surface area contributed by atoms with Crippen LogP contribution in [-0.4, -0.2) is 26.4 Å². The number of aromatic hydroxyl groups is 1. The molecule has 1 heterocycles. The minimum Gasteiger partial charge on any atom is -0.502 e. The second-order valence-electron chi connectivity index (χ2n) is 5.07. The molecular formula is C18H16O6. The Morgan fingerprint density at radius 2 is 1.50 bits per heavy atom. The molecule has 0 spiro atoms. The Bertz CT molecular complexity index is 935. The van der Waals surface area contributed by atoms with Crippen LogP contribution in [0.1, 0.15) is 0 Å². The van der Waals surface area contributed by atoms with Gasteiger partial charge in [0.05, 0.1) is 26.7 Å². The molecule has 0 aliphatic carbocycles. The largest absolute Gasteiger partial charge is 0.502 e. The van der Waals surface area contributed by atoms with Crippen molar-refractivity contribution in [3.63, 3.8) is 0 Å². The van der Waals surface area contributed by atoms with Crippen molar-refractivity contribution in [3.05, 3.63) is 46.6 Å². The lowest BCUT2D eigenvalue weighted by Gasteiger charge is -2.10. The zero-order valence-electron chi connectivity index (χ0n) is 13.5. The number of hydrogen-bond donors (Lipinski definition) is 1. The van der Waals surface area contributed by atoms with E-state index in [9.17, 15) is 9.90 Å². The average Bonchev–Trinajstić information content (AvgIpc) is 2.63. The molecular weight excluding hydrogens is 312 g/mol. The zero-order valence-corrected chi connectivity index (χ0v) is 13.5. The Kier molecular flexibility index (Phi) is 4.04. The van der Waals surface area contributed by atoms with Crippen LogP contribution in [0.2, 0.25) is 0 Å². The van der Waals surface area contributed by atoms with Gasteiger partial charge < -0.3 is 23.7 Å². The number of rotatable bonds is 4. The maximum Gasteiger partial charge on any atom is 0.235 e. The Morgan fingerprint density at radius 3 is 2.08 bits per heavy atom. The standard InChI is InChI=1S/C18H16O6/c1-21-11-4-5-14-15(9-11)24-18(17(20)16(14)19)10-6-12(22-2)8-13(7-10)23-3/h4-9,20H,1-3H3. The lowest BCUT2D eigenvalue weighted by atomic mass is 10.1. The highest BCUT2D eigenvalue weighted by Crippen LogP contribution is 2.35. The fraction of sp³-hybridized carbons (Fsp3) is 0.167. The molecule has 6 nitrogen and oxygen atoms in total. The first kappa shape index (κ1) is 15.7. The normalized spacial score (nSPS) is 10.6. The maximum absolute atomic E-state index is 12.4. The number of ether oxygens (including phenoxy) is 3. The zero-order chi connectivity index (χ0) is 17.3. The summed E-state index contributed by atoms with van der Waals surface area (Å²) in [6.45, 7) is 0. The first-order valence-corrected chi connectivity index (χ1v) is 7.14. The third-order valence-corrected chi connectivity index (χ3v) is 3.69. The van der Waals surface area contributed by atoms with E-state index in [1.807, 2.05) is 0 Å². The van der Waals surface area contributed by atoms with Gasteiger partial charge >= 0.3 is 0 Å². The van der Waals surface area contributed by atoms with Crippen LogP contribution in [0.5, 0.6) is 23.0 Å². The van der Waals surface area contributed by atoms with E-state index in [1.54, 1.807) is 36.4 Å². The molecule has 1 N–H and O–H groups in total. The summed E-state index contributed by atoms with van der Waals surface area (Å²) in [5, 5.41) is 10.6. The van der Waals surface area contributed by atoms with Crippen molar-refractivity contribution in [2.75, 3.05) is 21.3 Å². The van der Waals surface area contributed by atoms with Gasteiger partial charge in [0.25, 0.3) is 0 Å². The number of fused-ring (bicyclic) bond motifs is 1. The van der Waals surface area contributed by atoms with E-state index >= 15 is 0 Å². The molecule has 0 aliphatic heterocycles. The van der Waals surface area contributed by atoms with Crippen LogP contribution < -0.4 is 19.6 Å². The second-order valence-corrected chi connectivity index (χ2v) is 5.07. The lowest BCUT2D eigenvalue weighted by molar-refractivity contribution is 0.394. The SMILES string of the molecule is COc1cc(OC)cc(-c2oc3cc(OC)ccc3c(=O)c2O)c1. The first-order valence-electron chi connectivity index (χ1n) is 7.14. The Hall–Kier alpha value is -3.15. The fourth-order valence-corrected chi connectivity index (χ4v) is 2.42. The Labute approximate surface area is 137 Å². The number of hydrogen-bond acceptors (Lipinski definition) is 6. The summed E-state index contributed by atoms with van der Waals surface area (Å²) in [6, 6.07) is 9.75. The van der Waals surface area contributed by atoms with Crippen molar-refractivity contribution in [1.82, 2.24) is 0 Å². The van der Waals surface area contributed by atoms with Gasteiger partial charge in [0.1, 0.15) is 22.8 Å². The van der Waals surface area contributed by atoms with Crippen molar-refractivity contribution < 1.29 is 23.7 Å². The van der Waals surface area contributed by atoms with E-state index < -0.39 is 11.2 Å². The van der Waals surface area contributed by atoms with Crippen LogP contribution in [0, 0.1) is 0 Å². The fourth-order valence-electron chi connectivity index (χ4n) is 2.42. The first-order chi connectivity index (χ1) is 11.6. The molecule has 0 atom stereocenters. The molecule has 2 aromatic carbocycles. The topological polar surface area (TPSA) is 78.1 Å². The number of methoxy groups -OCH3 is 3. The van der Waals surface area contributed by atoms with Gasteiger partial charge in [0.15, 0.2) is 5.76 Å². The molecule has 0 unspecified atom stereocenters. The summed E-state index contributed by atoms with van der Waals surface area (Å²) in [5.74, 6) is 1.14. The van der Waals surface area contributed by atoms with Gasteiger partial charge in [-0.25, -0.2) is 0 Å². The molecule has 3 rings (SSSR count). The monoisotopic (exact) mass is 328 g/mol. The van der Waals surface area contributed by atoms with E-state index in [0.29, 0.717) is 28.4 Å². The highest BCUT2D eigenvalue weighted by atomic mass is 16.5. The molecule has 0 radical (unpaired) electrons. The van der Waals surface area contributed by atoms with Crippen molar-refractivity contribution >= 4 is 11.0 Å². The van der Waals surface area contributed by atoms with Crippen LogP contribution in [-0.2, 0) is 0 Å². The van der Waals surface area contributed by atoms with Gasteiger partial charge in [-0.15, -0.1) is 0 Å². The molecule has 1 aromatic heterocycles. The molecule has 0 saturated heterocycles. The van der Waals surface area contributed by atoms with Crippen LogP contribution in [0.4, 0.5) is 0 Å². The van der Waals surface area contributed by atoms with Crippen LogP contribution in [0.25, 0.3) is 22.3 Å². The van der Waals surface area contributed by atoms with Crippen LogP contribution in [0.3, 0.4) is 0 Å². The predicted octanol–water partition coefficient (Wildman–Crippen LogP) is 3.19. The molecule has 0 aliphatic rings. The van der Waals surface area contributed by atoms with E-state index in [-0.39, 0.29) is 11.1 Å². The molecule has 6 heteroatoms. The van der Waals surface area contributed by atoms with E-state index in [4.69, 9.17) is 18.6 Å². The third-order valence-electron chi connectivity index (χ3n) is 3.69. The highest BCUT2D eigenvalue weighted by molar-refractivity contribution is 5.83. The highest BCUT2D eigenvalue weighted by Gasteiger charge is 2.17. The predicted molar refractivity (Wildman–Crippen MR) is 89.2 cm³/mol. The van der Waals surface area contributed by atoms with E-state index in [1.165, 1.54) is 21.3 Å². The van der Waals surface area contributed by atoms with E-state index in [2.05, 4.69) is 0 Å². The van der Waals surface area contributed by atoms with Gasteiger partial charge in [0.2, 0.25) is 11.2 Å². The van der Waals surface area contributed by atoms with Gasteiger partial charge in [-0.3, -0.25) is 4.79 Å². The minimum atomic E-state index is -0.518. The van der Waals surface area contributed by atoms with Crippen molar-refractivity contribution in [2.24, 2.45) is 0 Å². The van der Waals surface area contributed by atoms with Gasteiger partial charge in [-0.2, -0.15) is 0 Å². The summed E-state index contributed by atoms with van der Waals surface area (Å²) >= 11 is 0. The van der Waals surface area contributed by atoms with Crippen molar-refractivity contribution in [3.8, 4) is 34.3 Å². The lowest BCUT2D eigenvalue weighted by Crippen LogP contribution is -2.03. The van der Waals surface area contributed by atoms with Gasteiger partial charge in [-0.1, -0.05) is 0 Å². The second kappa shape index (κ2) is 6.16. The number of benzene rings is 2. The van der Waals surface area contributed by atoms with E-state index in [0.717, 1.165) is 0 Å². The molecule has 0 fully saturated rings. The molecule has 0 saturated carbocycles. The Morgan fingerprint density at radius 1 is 0.875 bits per heavy atom. The molecule has 0 amide bonds. The molecule has 3 aromatic rings. The summed E-state index contributed by atoms with van der Waals surface area (Å²) in [7, 11) is 4.55. The Balaban J connectivity index is 2.29. The molecule has 0 bridgehead atoms.